The first-order chi connectivity index (χ1) is 10.5. The molecule has 112 valence electrons. The number of hydrogen-bond acceptors (Lipinski definition) is 2. The van der Waals surface area contributed by atoms with E-state index in [-0.39, 0.29) is 18.0 Å². The highest BCUT2D eigenvalue weighted by Crippen LogP contribution is 2.24. The number of carbonyl (C=O) groups excluding carboxylic acids is 1. The van der Waals surface area contributed by atoms with Crippen LogP contribution in [0.4, 0.5) is 0 Å². The molecule has 7 heteroatoms. The van der Waals surface area contributed by atoms with Gasteiger partial charge in [-0.15, -0.1) is 0 Å². The number of pyridine rings is 1. The van der Waals surface area contributed by atoms with Crippen molar-refractivity contribution in [1.29, 1.82) is 0 Å². The Bertz CT molecular complexity index is 840. The molecule has 3 aromatic rings. The molecular weight excluding hydrogens is 345 g/mol. The number of rotatable bonds is 3. The van der Waals surface area contributed by atoms with Gasteiger partial charge in [-0.05, 0) is 24.3 Å². The van der Waals surface area contributed by atoms with E-state index in [1.165, 1.54) is 0 Å². The van der Waals surface area contributed by atoms with Crippen LogP contribution in [-0.2, 0) is 6.54 Å². The van der Waals surface area contributed by atoms with Gasteiger partial charge in [-0.2, -0.15) is 0 Å². The standard InChI is InChI=1S/C15H10Cl3N3O/c16-9-4-5-13-20-10(8-21(13)7-9)6-19-15(22)14-11(17)2-1-3-12(14)18/h1-5,7-8H,6H2,(H,19,22). The number of halogens is 3. The predicted octanol–water partition coefficient (Wildman–Crippen LogP) is 4.22. The lowest BCUT2D eigenvalue weighted by atomic mass is 10.2. The highest BCUT2D eigenvalue weighted by Gasteiger charge is 2.14. The molecule has 1 aromatic carbocycles. The van der Waals surface area contributed by atoms with E-state index in [0.29, 0.717) is 20.8 Å². The van der Waals surface area contributed by atoms with Gasteiger partial charge in [-0.3, -0.25) is 4.79 Å². The Kier molecular flexibility index (Phi) is 4.25. The summed E-state index contributed by atoms with van der Waals surface area (Å²) in [7, 11) is 0. The van der Waals surface area contributed by atoms with E-state index in [0.717, 1.165) is 5.65 Å². The molecule has 0 fully saturated rings. The van der Waals surface area contributed by atoms with Crippen LogP contribution in [0.15, 0.2) is 42.7 Å². The second-order valence-electron chi connectivity index (χ2n) is 4.62. The van der Waals surface area contributed by atoms with Crippen LogP contribution in [0.5, 0.6) is 0 Å². The zero-order chi connectivity index (χ0) is 15.7. The van der Waals surface area contributed by atoms with E-state index in [1.54, 1.807) is 47.1 Å². The SMILES string of the molecule is O=C(NCc1cn2cc(Cl)ccc2n1)c1c(Cl)cccc1Cl. The number of nitrogens with one attached hydrogen (secondary N) is 1. The smallest absolute Gasteiger partial charge is 0.254 e. The Labute approximate surface area is 141 Å². The summed E-state index contributed by atoms with van der Waals surface area (Å²) in [6.45, 7) is 0.264. The van der Waals surface area contributed by atoms with Crippen molar-refractivity contribution in [3.8, 4) is 0 Å². The molecule has 0 radical (unpaired) electrons. The summed E-state index contributed by atoms with van der Waals surface area (Å²) in [5, 5.41) is 3.99. The third kappa shape index (κ3) is 3.04. The number of nitrogens with zero attached hydrogens (tertiary/aromatic N) is 2. The molecule has 4 nitrogen and oxygen atoms in total. The lowest BCUT2D eigenvalue weighted by Gasteiger charge is -2.07. The Hall–Kier alpha value is -1.75. The molecule has 2 heterocycles. The average molecular weight is 355 g/mol. The summed E-state index contributed by atoms with van der Waals surface area (Å²) in [4.78, 5) is 16.6. The fraction of sp³-hybridized carbons (Fsp3) is 0.0667. The molecule has 0 saturated heterocycles. The van der Waals surface area contributed by atoms with E-state index >= 15 is 0 Å². The normalized spacial score (nSPS) is 10.9. The molecule has 22 heavy (non-hydrogen) atoms. The monoisotopic (exact) mass is 353 g/mol. The third-order valence-corrected chi connectivity index (χ3v) is 3.94. The number of fused-ring (bicyclic) bond motifs is 1. The molecule has 1 N–H and O–H groups in total. The quantitative estimate of drug-likeness (QED) is 0.765. The summed E-state index contributed by atoms with van der Waals surface area (Å²) in [5.74, 6) is -0.342. The number of hydrogen-bond donors (Lipinski definition) is 1. The second kappa shape index (κ2) is 6.16. The van der Waals surface area contributed by atoms with Crippen molar-refractivity contribution < 1.29 is 4.79 Å². The zero-order valence-corrected chi connectivity index (χ0v) is 13.5. The topological polar surface area (TPSA) is 46.4 Å². The van der Waals surface area contributed by atoms with Gasteiger partial charge >= 0.3 is 0 Å². The van der Waals surface area contributed by atoms with Crippen LogP contribution in [0, 0.1) is 0 Å². The first-order valence-electron chi connectivity index (χ1n) is 6.40. The summed E-state index contributed by atoms with van der Waals surface area (Å²) < 4.78 is 1.80. The highest BCUT2D eigenvalue weighted by atomic mass is 35.5. The Balaban J connectivity index is 1.77. The molecule has 0 bridgehead atoms. The maximum absolute atomic E-state index is 12.2. The molecule has 1 amide bonds. The second-order valence-corrected chi connectivity index (χ2v) is 5.88. The Morgan fingerprint density at radius 3 is 2.55 bits per heavy atom. The molecule has 0 atom stereocenters. The number of carbonyl (C=O) groups is 1. The minimum absolute atomic E-state index is 0.262. The fourth-order valence-electron chi connectivity index (χ4n) is 2.08. The predicted molar refractivity (Wildman–Crippen MR) is 87.8 cm³/mol. The van der Waals surface area contributed by atoms with Crippen molar-refractivity contribution in [2.45, 2.75) is 6.54 Å². The van der Waals surface area contributed by atoms with Crippen LogP contribution < -0.4 is 5.32 Å². The average Bonchev–Trinajstić information content (AvgIpc) is 2.87. The summed E-state index contributed by atoms with van der Waals surface area (Å²) in [6, 6.07) is 8.49. The van der Waals surface area contributed by atoms with Crippen LogP contribution in [0.25, 0.3) is 5.65 Å². The number of amides is 1. The van der Waals surface area contributed by atoms with Gasteiger partial charge in [0, 0.05) is 12.4 Å². The molecule has 3 rings (SSSR count). The summed E-state index contributed by atoms with van der Waals surface area (Å²) in [5.41, 5.74) is 1.72. The minimum Gasteiger partial charge on any atom is -0.346 e. The fourth-order valence-corrected chi connectivity index (χ4v) is 2.81. The van der Waals surface area contributed by atoms with Crippen molar-refractivity contribution in [2.24, 2.45) is 0 Å². The van der Waals surface area contributed by atoms with E-state index in [4.69, 9.17) is 34.8 Å². The maximum Gasteiger partial charge on any atom is 0.254 e. The molecule has 0 spiro atoms. The highest BCUT2D eigenvalue weighted by molar-refractivity contribution is 6.39. The first kappa shape index (κ1) is 15.2. The molecular formula is C15H10Cl3N3O. The van der Waals surface area contributed by atoms with E-state index in [9.17, 15) is 4.79 Å². The first-order valence-corrected chi connectivity index (χ1v) is 7.53. The van der Waals surface area contributed by atoms with Gasteiger partial charge in [0.2, 0.25) is 0 Å². The number of aromatic nitrogens is 2. The van der Waals surface area contributed by atoms with Gasteiger partial charge < -0.3 is 9.72 Å². The molecule has 0 unspecified atom stereocenters. The summed E-state index contributed by atoms with van der Waals surface area (Å²) >= 11 is 17.9. The van der Waals surface area contributed by atoms with Crippen LogP contribution >= 0.6 is 34.8 Å². The Morgan fingerprint density at radius 2 is 1.82 bits per heavy atom. The summed E-state index contributed by atoms with van der Waals surface area (Å²) in [6.07, 6.45) is 3.55. The van der Waals surface area contributed by atoms with E-state index < -0.39 is 0 Å². The molecule has 0 aliphatic heterocycles. The van der Waals surface area contributed by atoms with Gasteiger partial charge in [0.15, 0.2) is 0 Å². The van der Waals surface area contributed by atoms with Crippen molar-refractivity contribution in [1.82, 2.24) is 14.7 Å². The van der Waals surface area contributed by atoms with Crippen LogP contribution in [0.3, 0.4) is 0 Å². The lowest BCUT2D eigenvalue weighted by Crippen LogP contribution is -2.23. The van der Waals surface area contributed by atoms with Crippen molar-refractivity contribution in [3.63, 3.8) is 0 Å². The molecule has 2 aromatic heterocycles. The molecule has 0 aliphatic carbocycles. The van der Waals surface area contributed by atoms with E-state index in [1.807, 2.05) is 0 Å². The van der Waals surface area contributed by atoms with Crippen molar-refractivity contribution in [2.75, 3.05) is 0 Å². The lowest BCUT2D eigenvalue weighted by molar-refractivity contribution is 0.0951. The number of benzene rings is 1. The van der Waals surface area contributed by atoms with Crippen LogP contribution in [-0.4, -0.2) is 15.3 Å². The van der Waals surface area contributed by atoms with Gasteiger partial charge in [-0.1, -0.05) is 40.9 Å². The Morgan fingerprint density at radius 1 is 1.09 bits per heavy atom. The van der Waals surface area contributed by atoms with Crippen molar-refractivity contribution in [3.05, 3.63) is 69.1 Å². The number of imidazole rings is 1. The molecule has 0 saturated carbocycles. The largest absolute Gasteiger partial charge is 0.346 e. The van der Waals surface area contributed by atoms with Crippen LogP contribution in [0.1, 0.15) is 16.1 Å². The maximum atomic E-state index is 12.2. The van der Waals surface area contributed by atoms with Gasteiger partial charge in [0.1, 0.15) is 5.65 Å². The van der Waals surface area contributed by atoms with Gasteiger partial charge in [-0.25, -0.2) is 4.98 Å². The third-order valence-electron chi connectivity index (χ3n) is 3.08. The zero-order valence-electron chi connectivity index (χ0n) is 11.2. The minimum atomic E-state index is -0.342. The van der Waals surface area contributed by atoms with Crippen molar-refractivity contribution >= 4 is 46.4 Å². The van der Waals surface area contributed by atoms with Gasteiger partial charge in [0.05, 0.1) is 32.9 Å². The van der Waals surface area contributed by atoms with E-state index in [2.05, 4.69) is 10.3 Å². The van der Waals surface area contributed by atoms with Gasteiger partial charge in [0.25, 0.3) is 5.91 Å². The molecule has 0 aliphatic rings. The van der Waals surface area contributed by atoms with Crippen LogP contribution in [0.2, 0.25) is 15.1 Å².